The first-order chi connectivity index (χ1) is 10.0. The Bertz CT molecular complexity index is 698. The summed E-state index contributed by atoms with van der Waals surface area (Å²) >= 11 is 3.38. The van der Waals surface area contributed by atoms with Gasteiger partial charge in [-0.25, -0.2) is 0 Å². The molecule has 0 saturated heterocycles. The molecule has 2 amide bonds. The number of halogens is 1. The average molecular weight is 347 g/mol. The molecule has 0 spiro atoms. The van der Waals surface area contributed by atoms with Crippen LogP contribution < -0.4 is 10.6 Å². The van der Waals surface area contributed by atoms with Crippen LogP contribution >= 0.6 is 15.9 Å². The topological polar surface area (TPSA) is 58.2 Å². The summed E-state index contributed by atoms with van der Waals surface area (Å²) in [6, 6.07) is 12.4. The molecule has 21 heavy (non-hydrogen) atoms. The van der Waals surface area contributed by atoms with Crippen molar-refractivity contribution in [1.82, 2.24) is 5.32 Å². The Morgan fingerprint density at radius 2 is 1.71 bits per heavy atom. The van der Waals surface area contributed by atoms with Crippen LogP contribution in [-0.2, 0) is 0 Å². The largest absolute Gasteiger partial charge is 0.355 e. The number of carbonyl (C=O) groups is 2. The summed E-state index contributed by atoms with van der Waals surface area (Å²) < 4.78 is 0.720. The van der Waals surface area contributed by atoms with Gasteiger partial charge in [0.05, 0.1) is 16.8 Å². The molecule has 0 radical (unpaired) electrons. The van der Waals surface area contributed by atoms with Crippen molar-refractivity contribution >= 4 is 33.4 Å². The predicted octanol–water partition coefficient (Wildman–Crippen LogP) is 3.37. The van der Waals surface area contributed by atoms with E-state index in [4.69, 9.17) is 0 Å². The highest BCUT2D eigenvalue weighted by molar-refractivity contribution is 9.10. The van der Waals surface area contributed by atoms with Crippen LogP contribution in [0.1, 0.15) is 26.3 Å². The highest BCUT2D eigenvalue weighted by Gasteiger charge is 2.14. The molecule has 0 aliphatic heterocycles. The maximum atomic E-state index is 12.3. The minimum Gasteiger partial charge on any atom is -0.355 e. The van der Waals surface area contributed by atoms with Gasteiger partial charge in [-0.2, -0.15) is 0 Å². The predicted molar refractivity (Wildman–Crippen MR) is 86.7 cm³/mol. The zero-order valence-electron chi connectivity index (χ0n) is 11.7. The van der Waals surface area contributed by atoms with Crippen LogP contribution in [0, 0.1) is 6.92 Å². The fourth-order valence-corrected chi connectivity index (χ4v) is 2.59. The van der Waals surface area contributed by atoms with Crippen LogP contribution in [0.15, 0.2) is 46.9 Å². The highest BCUT2D eigenvalue weighted by Crippen LogP contribution is 2.21. The summed E-state index contributed by atoms with van der Waals surface area (Å²) in [4.78, 5) is 24.1. The van der Waals surface area contributed by atoms with Crippen molar-refractivity contribution in [3.8, 4) is 0 Å². The molecule has 0 aliphatic rings. The summed E-state index contributed by atoms with van der Waals surface area (Å²) in [6.07, 6.45) is 0. The Hall–Kier alpha value is -2.14. The number of aryl methyl sites for hydroxylation is 1. The van der Waals surface area contributed by atoms with Crippen molar-refractivity contribution in [2.75, 3.05) is 12.4 Å². The van der Waals surface area contributed by atoms with Crippen molar-refractivity contribution < 1.29 is 9.59 Å². The van der Waals surface area contributed by atoms with Crippen LogP contribution in [0.5, 0.6) is 0 Å². The fraction of sp³-hybridized carbons (Fsp3) is 0.125. The van der Waals surface area contributed by atoms with Gasteiger partial charge >= 0.3 is 0 Å². The van der Waals surface area contributed by atoms with Gasteiger partial charge in [0, 0.05) is 11.5 Å². The summed E-state index contributed by atoms with van der Waals surface area (Å²) in [6.45, 7) is 1.95. The van der Waals surface area contributed by atoms with E-state index in [0.717, 1.165) is 10.0 Å². The Morgan fingerprint density at radius 3 is 2.38 bits per heavy atom. The third-order valence-corrected chi connectivity index (χ3v) is 3.67. The normalized spacial score (nSPS) is 10.0. The zero-order valence-corrected chi connectivity index (χ0v) is 13.3. The highest BCUT2D eigenvalue weighted by atomic mass is 79.9. The van der Waals surface area contributed by atoms with Crippen LogP contribution in [0.25, 0.3) is 0 Å². The molecular formula is C16H15BrN2O2. The molecule has 0 aliphatic carbocycles. The number of hydrogen-bond acceptors (Lipinski definition) is 2. The molecule has 0 unspecified atom stereocenters. The van der Waals surface area contributed by atoms with E-state index in [2.05, 4.69) is 26.6 Å². The van der Waals surface area contributed by atoms with E-state index in [1.165, 1.54) is 0 Å². The zero-order chi connectivity index (χ0) is 15.4. The van der Waals surface area contributed by atoms with Crippen molar-refractivity contribution in [3.05, 3.63) is 63.6 Å². The molecule has 4 nitrogen and oxygen atoms in total. The van der Waals surface area contributed by atoms with Crippen LogP contribution in [-0.4, -0.2) is 18.9 Å². The Labute approximate surface area is 131 Å². The Balaban J connectivity index is 2.30. The van der Waals surface area contributed by atoms with Crippen LogP contribution in [0.4, 0.5) is 5.69 Å². The van der Waals surface area contributed by atoms with E-state index in [9.17, 15) is 9.59 Å². The van der Waals surface area contributed by atoms with Crippen molar-refractivity contribution in [3.63, 3.8) is 0 Å². The molecule has 0 heterocycles. The van der Waals surface area contributed by atoms with Crippen LogP contribution in [0.2, 0.25) is 0 Å². The molecule has 5 heteroatoms. The number of rotatable bonds is 3. The first-order valence-corrected chi connectivity index (χ1v) is 7.21. The van der Waals surface area contributed by atoms with E-state index in [1.54, 1.807) is 37.4 Å². The minimum atomic E-state index is -0.266. The Kier molecular flexibility index (Phi) is 4.75. The lowest BCUT2D eigenvalue weighted by Crippen LogP contribution is -2.21. The molecule has 0 saturated carbocycles. The van der Waals surface area contributed by atoms with Crippen LogP contribution in [0.3, 0.4) is 0 Å². The summed E-state index contributed by atoms with van der Waals surface area (Å²) in [5.41, 5.74) is 2.49. The molecule has 2 rings (SSSR count). The maximum Gasteiger partial charge on any atom is 0.256 e. The number of para-hydroxylation sites is 1. The fourth-order valence-electron chi connectivity index (χ4n) is 1.92. The van der Waals surface area contributed by atoms with E-state index in [0.29, 0.717) is 16.8 Å². The molecule has 0 fully saturated rings. The molecule has 0 bridgehead atoms. The molecule has 2 N–H and O–H groups in total. The number of nitrogens with one attached hydrogen (secondary N) is 2. The molecule has 2 aromatic rings. The van der Waals surface area contributed by atoms with Gasteiger partial charge in [0.1, 0.15) is 0 Å². The van der Waals surface area contributed by atoms with Crippen molar-refractivity contribution in [2.45, 2.75) is 6.92 Å². The van der Waals surface area contributed by atoms with Gasteiger partial charge in [0.15, 0.2) is 0 Å². The number of anilines is 1. The number of benzene rings is 2. The first kappa shape index (κ1) is 15.3. The molecule has 0 atom stereocenters. The third kappa shape index (κ3) is 3.49. The van der Waals surface area contributed by atoms with E-state index in [-0.39, 0.29) is 11.8 Å². The van der Waals surface area contributed by atoms with Crippen molar-refractivity contribution in [1.29, 1.82) is 0 Å². The van der Waals surface area contributed by atoms with Gasteiger partial charge < -0.3 is 10.6 Å². The second-order valence-corrected chi connectivity index (χ2v) is 5.42. The monoisotopic (exact) mass is 346 g/mol. The van der Waals surface area contributed by atoms with Gasteiger partial charge in [0.2, 0.25) is 0 Å². The maximum absolute atomic E-state index is 12.3. The smallest absolute Gasteiger partial charge is 0.256 e. The Morgan fingerprint density at radius 1 is 1.00 bits per heavy atom. The molecular weight excluding hydrogens is 332 g/mol. The number of amides is 2. The number of carbonyl (C=O) groups excluding carboxylic acids is 2. The molecule has 0 aromatic heterocycles. The lowest BCUT2D eigenvalue weighted by Gasteiger charge is -2.11. The van der Waals surface area contributed by atoms with Crippen molar-refractivity contribution in [2.24, 2.45) is 0 Å². The SMILES string of the molecule is CNC(=O)c1ccccc1NC(=O)c1ccc(C)cc1Br. The standard InChI is InChI=1S/C16H15BrN2O2/c1-10-7-8-11(13(17)9-10)16(21)19-14-6-4-3-5-12(14)15(20)18-2/h3-9H,1-2H3,(H,18,20)(H,19,21). The molecule has 108 valence electrons. The summed E-state index contributed by atoms with van der Waals surface area (Å²) in [5, 5.41) is 5.33. The quantitative estimate of drug-likeness (QED) is 0.894. The van der Waals surface area contributed by atoms with Gasteiger partial charge in [-0.05, 0) is 52.7 Å². The third-order valence-electron chi connectivity index (χ3n) is 3.02. The van der Waals surface area contributed by atoms with E-state index < -0.39 is 0 Å². The second-order valence-electron chi connectivity index (χ2n) is 4.56. The average Bonchev–Trinajstić information content (AvgIpc) is 2.46. The van der Waals surface area contributed by atoms with E-state index in [1.807, 2.05) is 19.1 Å². The van der Waals surface area contributed by atoms with Gasteiger partial charge in [-0.1, -0.05) is 18.2 Å². The van der Waals surface area contributed by atoms with E-state index >= 15 is 0 Å². The lowest BCUT2D eigenvalue weighted by atomic mass is 10.1. The van der Waals surface area contributed by atoms with Gasteiger partial charge in [-0.15, -0.1) is 0 Å². The minimum absolute atomic E-state index is 0.242. The first-order valence-electron chi connectivity index (χ1n) is 6.41. The van der Waals surface area contributed by atoms with Gasteiger partial charge in [-0.3, -0.25) is 9.59 Å². The summed E-state index contributed by atoms with van der Waals surface area (Å²) in [5.74, 6) is -0.507. The lowest BCUT2D eigenvalue weighted by molar-refractivity contribution is 0.0964. The number of hydrogen-bond donors (Lipinski definition) is 2. The molecule has 2 aromatic carbocycles. The second kappa shape index (κ2) is 6.54. The summed E-state index contributed by atoms with van der Waals surface area (Å²) in [7, 11) is 1.55. The van der Waals surface area contributed by atoms with Gasteiger partial charge in [0.25, 0.3) is 11.8 Å².